The van der Waals surface area contributed by atoms with Crippen LogP contribution in [0.1, 0.15) is 40.5 Å². The Morgan fingerprint density at radius 1 is 1.21 bits per heavy atom. The monoisotopic (exact) mass is 197 g/mol. The highest BCUT2D eigenvalue weighted by molar-refractivity contribution is 5.10. The molecule has 2 rings (SSSR count). The van der Waals surface area contributed by atoms with E-state index in [0.717, 1.165) is 0 Å². The lowest BCUT2D eigenvalue weighted by atomic mass is 9.81. The van der Waals surface area contributed by atoms with Crippen LogP contribution in [-0.2, 0) is 0 Å². The van der Waals surface area contributed by atoms with Gasteiger partial charge in [0.2, 0.25) is 0 Å². The Labute approximate surface area is 87.1 Å². The third-order valence-corrected chi connectivity index (χ3v) is 4.44. The molecule has 0 radical (unpaired) electrons. The number of aliphatic hydroxyl groups excluding tert-OH is 1. The standard InChI is InChI=1S/C12H23NO/c1-7(2)13-10-8-5-6-9(11(10)14)12(8,3)4/h7-11,13-14H,5-6H2,1-4H3. The van der Waals surface area contributed by atoms with E-state index in [0.29, 0.717) is 29.3 Å². The summed E-state index contributed by atoms with van der Waals surface area (Å²) in [4.78, 5) is 0. The van der Waals surface area contributed by atoms with Gasteiger partial charge < -0.3 is 10.4 Å². The highest BCUT2D eigenvalue weighted by Gasteiger charge is 2.58. The highest BCUT2D eigenvalue weighted by atomic mass is 16.3. The molecule has 0 aliphatic heterocycles. The fourth-order valence-corrected chi connectivity index (χ4v) is 3.72. The largest absolute Gasteiger partial charge is 0.391 e. The molecule has 0 aromatic heterocycles. The zero-order valence-electron chi connectivity index (χ0n) is 9.75. The van der Waals surface area contributed by atoms with E-state index in [2.05, 4.69) is 33.0 Å². The van der Waals surface area contributed by atoms with E-state index in [1.807, 2.05) is 0 Å². The van der Waals surface area contributed by atoms with Crippen LogP contribution < -0.4 is 5.32 Å². The Kier molecular flexibility index (Phi) is 2.39. The molecule has 4 atom stereocenters. The van der Waals surface area contributed by atoms with Gasteiger partial charge in [-0.3, -0.25) is 0 Å². The van der Waals surface area contributed by atoms with E-state index in [4.69, 9.17) is 0 Å². The van der Waals surface area contributed by atoms with Crippen LogP contribution in [0.2, 0.25) is 0 Å². The van der Waals surface area contributed by atoms with Crippen molar-refractivity contribution in [3.8, 4) is 0 Å². The Morgan fingerprint density at radius 3 is 2.21 bits per heavy atom. The van der Waals surface area contributed by atoms with E-state index in [1.54, 1.807) is 0 Å². The Bertz CT molecular complexity index is 224. The quantitative estimate of drug-likeness (QED) is 0.707. The van der Waals surface area contributed by atoms with Crippen LogP contribution in [0.15, 0.2) is 0 Å². The van der Waals surface area contributed by atoms with Gasteiger partial charge in [0.05, 0.1) is 6.10 Å². The van der Waals surface area contributed by atoms with Crippen LogP contribution in [0.25, 0.3) is 0 Å². The molecular formula is C12H23NO. The second kappa shape index (κ2) is 3.21. The molecule has 2 saturated carbocycles. The SMILES string of the molecule is CC(C)NC1C(O)C2CCC1C2(C)C. The van der Waals surface area contributed by atoms with Crippen molar-refractivity contribution in [2.24, 2.45) is 17.3 Å². The van der Waals surface area contributed by atoms with Crippen LogP contribution in [0.5, 0.6) is 0 Å². The molecule has 4 unspecified atom stereocenters. The first-order chi connectivity index (χ1) is 6.44. The lowest BCUT2D eigenvalue weighted by Crippen LogP contribution is -2.47. The normalized spacial score (nSPS) is 45.0. The van der Waals surface area contributed by atoms with Gasteiger partial charge in [-0.1, -0.05) is 27.7 Å². The molecule has 2 N–H and O–H groups in total. The fourth-order valence-electron chi connectivity index (χ4n) is 3.72. The van der Waals surface area contributed by atoms with Crippen molar-refractivity contribution in [2.45, 2.75) is 58.7 Å². The molecule has 0 heterocycles. The lowest BCUT2D eigenvalue weighted by Gasteiger charge is -2.30. The van der Waals surface area contributed by atoms with E-state index < -0.39 is 0 Å². The molecule has 0 aromatic rings. The van der Waals surface area contributed by atoms with E-state index in [-0.39, 0.29) is 6.10 Å². The van der Waals surface area contributed by atoms with Gasteiger partial charge in [-0.2, -0.15) is 0 Å². The second-order valence-corrected chi connectivity index (χ2v) is 5.95. The van der Waals surface area contributed by atoms with Gasteiger partial charge in [0, 0.05) is 12.1 Å². The van der Waals surface area contributed by atoms with E-state index in [9.17, 15) is 5.11 Å². The van der Waals surface area contributed by atoms with Gasteiger partial charge in [-0.25, -0.2) is 0 Å². The summed E-state index contributed by atoms with van der Waals surface area (Å²) in [5.74, 6) is 1.19. The zero-order chi connectivity index (χ0) is 10.5. The number of nitrogens with one attached hydrogen (secondary N) is 1. The average Bonchev–Trinajstić information content (AvgIpc) is 2.42. The third-order valence-electron chi connectivity index (χ3n) is 4.44. The van der Waals surface area contributed by atoms with Crippen LogP contribution in [0.4, 0.5) is 0 Å². The molecule has 0 saturated heterocycles. The summed E-state index contributed by atoms with van der Waals surface area (Å²) < 4.78 is 0. The summed E-state index contributed by atoms with van der Waals surface area (Å²) in [7, 11) is 0. The molecule has 2 aliphatic rings. The van der Waals surface area contributed by atoms with Crippen molar-refractivity contribution >= 4 is 0 Å². The predicted octanol–water partition coefficient (Wildman–Crippen LogP) is 1.78. The number of hydrogen-bond donors (Lipinski definition) is 2. The van der Waals surface area contributed by atoms with Crippen molar-refractivity contribution < 1.29 is 5.11 Å². The molecule has 2 bridgehead atoms. The number of fused-ring (bicyclic) bond motifs is 2. The Hall–Kier alpha value is -0.0800. The summed E-state index contributed by atoms with van der Waals surface area (Å²) >= 11 is 0. The molecule has 2 aliphatic carbocycles. The minimum atomic E-state index is -0.119. The van der Waals surface area contributed by atoms with Crippen LogP contribution in [0.3, 0.4) is 0 Å². The second-order valence-electron chi connectivity index (χ2n) is 5.95. The molecule has 2 fully saturated rings. The average molecular weight is 197 g/mol. The zero-order valence-corrected chi connectivity index (χ0v) is 9.75. The molecule has 0 amide bonds. The fraction of sp³-hybridized carbons (Fsp3) is 1.00. The van der Waals surface area contributed by atoms with Crippen molar-refractivity contribution in [1.29, 1.82) is 0 Å². The molecule has 2 heteroatoms. The van der Waals surface area contributed by atoms with Crippen LogP contribution in [0, 0.1) is 17.3 Å². The van der Waals surface area contributed by atoms with Crippen molar-refractivity contribution in [1.82, 2.24) is 5.32 Å². The maximum absolute atomic E-state index is 10.2. The van der Waals surface area contributed by atoms with E-state index in [1.165, 1.54) is 12.8 Å². The minimum absolute atomic E-state index is 0.119. The Balaban J connectivity index is 2.15. The first kappa shape index (κ1) is 10.4. The number of hydrogen-bond acceptors (Lipinski definition) is 2. The van der Waals surface area contributed by atoms with Gasteiger partial charge >= 0.3 is 0 Å². The van der Waals surface area contributed by atoms with Crippen molar-refractivity contribution in [2.75, 3.05) is 0 Å². The first-order valence-electron chi connectivity index (χ1n) is 5.88. The number of aliphatic hydroxyl groups is 1. The molecular weight excluding hydrogens is 174 g/mol. The molecule has 14 heavy (non-hydrogen) atoms. The van der Waals surface area contributed by atoms with Crippen LogP contribution >= 0.6 is 0 Å². The topological polar surface area (TPSA) is 32.3 Å². The molecule has 0 aromatic carbocycles. The van der Waals surface area contributed by atoms with Gasteiger partial charge in [0.1, 0.15) is 0 Å². The van der Waals surface area contributed by atoms with Crippen LogP contribution in [-0.4, -0.2) is 23.3 Å². The molecule has 2 nitrogen and oxygen atoms in total. The predicted molar refractivity (Wildman–Crippen MR) is 58.1 cm³/mol. The van der Waals surface area contributed by atoms with Gasteiger partial charge in [-0.05, 0) is 30.1 Å². The van der Waals surface area contributed by atoms with Crippen molar-refractivity contribution in [3.05, 3.63) is 0 Å². The summed E-state index contributed by atoms with van der Waals surface area (Å²) in [5.41, 5.74) is 0.339. The maximum Gasteiger partial charge on any atom is 0.0729 e. The summed E-state index contributed by atoms with van der Waals surface area (Å²) in [6, 6.07) is 0.813. The summed E-state index contributed by atoms with van der Waals surface area (Å²) in [6.07, 6.45) is 2.39. The lowest BCUT2D eigenvalue weighted by molar-refractivity contribution is 0.0685. The first-order valence-corrected chi connectivity index (χ1v) is 5.88. The summed E-state index contributed by atoms with van der Waals surface area (Å²) in [6.45, 7) is 8.96. The highest BCUT2D eigenvalue weighted by Crippen LogP contribution is 2.57. The third kappa shape index (κ3) is 1.31. The Morgan fingerprint density at radius 2 is 1.79 bits per heavy atom. The van der Waals surface area contributed by atoms with E-state index >= 15 is 0 Å². The molecule has 0 spiro atoms. The van der Waals surface area contributed by atoms with Crippen molar-refractivity contribution in [3.63, 3.8) is 0 Å². The summed E-state index contributed by atoms with van der Waals surface area (Å²) in [5, 5.41) is 13.7. The van der Waals surface area contributed by atoms with Gasteiger partial charge in [0.15, 0.2) is 0 Å². The maximum atomic E-state index is 10.2. The minimum Gasteiger partial charge on any atom is -0.391 e. The van der Waals surface area contributed by atoms with Gasteiger partial charge in [0.25, 0.3) is 0 Å². The smallest absolute Gasteiger partial charge is 0.0729 e. The molecule has 82 valence electrons. The number of rotatable bonds is 2. The van der Waals surface area contributed by atoms with Gasteiger partial charge in [-0.15, -0.1) is 0 Å².